The van der Waals surface area contributed by atoms with Gasteiger partial charge in [-0.15, -0.1) is 0 Å². The predicted molar refractivity (Wildman–Crippen MR) is 72.0 cm³/mol. The minimum absolute atomic E-state index is 0.118. The zero-order valence-electron chi connectivity index (χ0n) is 9.98. The Labute approximate surface area is 106 Å². The lowest BCUT2D eigenvalue weighted by Crippen LogP contribution is -2.38. The predicted octanol–water partition coefficient (Wildman–Crippen LogP) is 3.46. The van der Waals surface area contributed by atoms with E-state index in [1.54, 1.807) is 4.90 Å². The standard InChI is InChI=1S/C13H18BrNO/c1-4-15(11-8-6-5-7-9-11)13(16)12(14)10(2)3/h5-10,12H,4H2,1-3H3. The zero-order chi connectivity index (χ0) is 12.1. The second-order valence-corrected chi connectivity index (χ2v) is 5.05. The van der Waals surface area contributed by atoms with Crippen molar-refractivity contribution in [2.45, 2.75) is 25.6 Å². The number of carbonyl (C=O) groups excluding carboxylic acids is 1. The lowest BCUT2D eigenvalue weighted by Gasteiger charge is -2.25. The van der Waals surface area contributed by atoms with E-state index in [0.29, 0.717) is 12.5 Å². The van der Waals surface area contributed by atoms with E-state index in [4.69, 9.17) is 0 Å². The fourth-order valence-electron chi connectivity index (χ4n) is 1.51. The molecule has 0 spiro atoms. The monoisotopic (exact) mass is 283 g/mol. The number of anilines is 1. The summed E-state index contributed by atoms with van der Waals surface area (Å²) in [5.41, 5.74) is 0.958. The van der Waals surface area contributed by atoms with E-state index in [2.05, 4.69) is 15.9 Å². The summed E-state index contributed by atoms with van der Waals surface area (Å²) >= 11 is 3.46. The molecule has 1 atom stereocenters. The molecule has 1 aromatic carbocycles. The third kappa shape index (κ3) is 3.08. The van der Waals surface area contributed by atoms with Crippen molar-refractivity contribution in [3.8, 4) is 0 Å². The first-order valence-corrected chi connectivity index (χ1v) is 6.50. The highest BCUT2D eigenvalue weighted by atomic mass is 79.9. The molecule has 0 aliphatic heterocycles. The molecule has 1 unspecified atom stereocenters. The van der Waals surface area contributed by atoms with Gasteiger partial charge in [-0.3, -0.25) is 4.79 Å². The molecule has 0 aliphatic rings. The minimum atomic E-state index is -0.118. The van der Waals surface area contributed by atoms with Crippen molar-refractivity contribution in [2.24, 2.45) is 5.92 Å². The van der Waals surface area contributed by atoms with E-state index in [9.17, 15) is 4.79 Å². The van der Waals surface area contributed by atoms with Gasteiger partial charge < -0.3 is 4.90 Å². The Morgan fingerprint density at radius 1 is 1.31 bits per heavy atom. The van der Waals surface area contributed by atoms with Crippen molar-refractivity contribution in [2.75, 3.05) is 11.4 Å². The number of halogens is 1. The van der Waals surface area contributed by atoms with Crippen LogP contribution in [0, 0.1) is 5.92 Å². The summed E-state index contributed by atoms with van der Waals surface area (Å²) in [5.74, 6) is 0.425. The number of alkyl halides is 1. The van der Waals surface area contributed by atoms with E-state index in [1.165, 1.54) is 0 Å². The largest absolute Gasteiger partial charge is 0.312 e. The molecule has 0 N–H and O–H groups in total. The van der Waals surface area contributed by atoms with Crippen LogP contribution in [-0.4, -0.2) is 17.3 Å². The first-order valence-electron chi connectivity index (χ1n) is 5.58. The topological polar surface area (TPSA) is 20.3 Å². The Bertz CT molecular complexity index is 337. The molecule has 16 heavy (non-hydrogen) atoms. The zero-order valence-corrected chi connectivity index (χ0v) is 11.6. The highest BCUT2D eigenvalue weighted by Gasteiger charge is 2.24. The Balaban J connectivity index is 2.87. The molecule has 1 aromatic rings. The van der Waals surface area contributed by atoms with Crippen molar-refractivity contribution in [1.82, 2.24) is 0 Å². The first kappa shape index (κ1) is 13.2. The second-order valence-electron chi connectivity index (χ2n) is 4.06. The molecule has 0 saturated carbocycles. The number of carbonyl (C=O) groups is 1. The van der Waals surface area contributed by atoms with Gasteiger partial charge in [-0.2, -0.15) is 0 Å². The Hall–Kier alpha value is -0.830. The van der Waals surface area contributed by atoms with E-state index >= 15 is 0 Å². The molecule has 0 aromatic heterocycles. The summed E-state index contributed by atoms with van der Waals surface area (Å²) in [6.07, 6.45) is 0. The number of hydrogen-bond acceptors (Lipinski definition) is 1. The lowest BCUT2D eigenvalue weighted by molar-refractivity contribution is -0.118. The lowest BCUT2D eigenvalue weighted by atomic mass is 10.1. The molecular weight excluding hydrogens is 266 g/mol. The minimum Gasteiger partial charge on any atom is -0.312 e. The fourth-order valence-corrected chi connectivity index (χ4v) is 1.75. The third-order valence-electron chi connectivity index (χ3n) is 2.47. The third-order valence-corrected chi connectivity index (χ3v) is 3.92. The van der Waals surface area contributed by atoms with Gasteiger partial charge in [0.2, 0.25) is 5.91 Å². The number of para-hydroxylation sites is 1. The van der Waals surface area contributed by atoms with Crippen LogP contribution >= 0.6 is 15.9 Å². The molecule has 1 rings (SSSR count). The van der Waals surface area contributed by atoms with Gasteiger partial charge in [-0.25, -0.2) is 0 Å². The van der Waals surface area contributed by atoms with Crippen LogP contribution in [0.4, 0.5) is 5.69 Å². The SMILES string of the molecule is CCN(C(=O)C(Br)C(C)C)c1ccccc1. The van der Waals surface area contributed by atoms with Crippen molar-refractivity contribution < 1.29 is 4.79 Å². The molecule has 0 saturated heterocycles. The molecule has 0 bridgehead atoms. The number of amides is 1. The van der Waals surface area contributed by atoms with E-state index in [-0.39, 0.29) is 10.7 Å². The van der Waals surface area contributed by atoms with Crippen LogP contribution in [-0.2, 0) is 4.79 Å². The summed E-state index contributed by atoms with van der Waals surface area (Å²) in [6, 6.07) is 9.77. The van der Waals surface area contributed by atoms with Crippen LogP contribution in [0.2, 0.25) is 0 Å². The van der Waals surface area contributed by atoms with E-state index in [0.717, 1.165) is 5.69 Å². The number of nitrogens with zero attached hydrogens (tertiary/aromatic N) is 1. The number of rotatable bonds is 4. The van der Waals surface area contributed by atoms with E-state index in [1.807, 2.05) is 51.1 Å². The average Bonchev–Trinajstić information content (AvgIpc) is 2.30. The summed E-state index contributed by atoms with van der Waals surface area (Å²) in [6.45, 7) is 6.76. The molecule has 3 heteroatoms. The van der Waals surface area contributed by atoms with Crippen LogP contribution in [0.1, 0.15) is 20.8 Å². The normalized spacial score (nSPS) is 12.6. The van der Waals surface area contributed by atoms with Gasteiger partial charge in [-0.1, -0.05) is 48.0 Å². The highest BCUT2D eigenvalue weighted by Crippen LogP contribution is 2.20. The Morgan fingerprint density at radius 2 is 1.88 bits per heavy atom. The molecular formula is C13H18BrNO. The fraction of sp³-hybridized carbons (Fsp3) is 0.462. The van der Waals surface area contributed by atoms with Crippen LogP contribution in [0.5, 0.6) is 0 Å². The van der Waals surface area contributed by atoms with Crippen LogP contribution in [0.3, 0.4) is 0 Å². The van der Waals surface area contributed by atoms with Gasteiger partial charge in [0.1, 0.15) is 0 Å². The number of benzene rings is 1. The Morgan fingerprint density at radius 3 is 2.31 bits per heavy atom. The Kier molecular flexibility index (Phi) is 5.00. The van der Waals surface area contributed by atoms with Gasteiger partial charge in [-0.05, 0) is 25.0 Å². The maximum atomic E-state index is 12.2. The van der Waals surface area contributed by atoms with Crippen molar-refractivity contribution >= 4 is 27.5 Å². The van der Waals surface area contributed by atoms with Crippen LogP contribution in [0.25, 0.3) is 0 Å². The summed E-state index contributed by atoms with van der Waals surface area (Å²) in [5, 5.41) is 0. The maximum Gasteiger partial charge on any atom is 0.241 e. The molecule has 2 nitrogen and oxygen atoms in total. The molecule has 0 heterocycles. The number of hydrogen-bond donors (Lipinski definition) is 0. The maximum absolute atomic E-state index is 12.2. The summed E-state index contributed by atoms with van der Waals surface area (Å²) < 4.78 is 0. The van der Waals surface area contributed by atoms with Gasteiger partial charge in [0.25, 0.3) is 0 Å². The van der Waals surface area contributed by atoms with Gasteiger partial charge in [0, 0.05) is 12.2 Å². The average molecular weight is 284 g/mol. The summed E-state index contributed by atoms with van der Waals surface area (Å²) in [4.78, 5) is 13.9. The molecule has 0 radical (unpaired) electrons. The van der Waals surface area contributed by atoms with Crippen LogP contribution < -0.4 is 4.90 Å². The van der Waals surface area contributed by atoms with Crippen molar-refractivity contribution in [3.05, 3.63) is 30.3 Å². The smallest absolute Gasteiger partial charge is 0.241 e. The molecule has 88 valence electrons. The van der Waals surface area contributed by atoms with Gasteiger partial charge in [0.15, 0.2) is 0 Å². The molecule has 0 aliphatic carbocycles. The summed E-state index contributed by atoms with van der Waals surface area (Å²) in [7, 11) is 0. The van der Waals surface area contributed by atoms with Crippen molar-refractivity contribution in [1.29, 1.82) is 0 Å². The quantitative estimate of drug-likeness (QED) is 0.775. The van der Waals surface area contributed by atoms with E-state index < -0.39 is 0 Å². The second kappa shape index (κ2) is 6.04. The first-order chi connectivity index (χ1) is 7.57. The molecule has 1 amide bonds. The molecule has 0 fully saturated rings. The van der Waals surface area contributed by atoms with Crippen molar-refractivity contribution in [3.63, 3.8) is 0 Å². The highest BCUT2D eigenvalue weighted by molar-refractivity contribution is 9.10. The van der Waals surface area contributed by atoms with Gasteiger partial charge >= 0.3 is 0 Å². The van der Waals surface area contributed by atoms with Crippen LogP contribution in [0.15, 0.2) is 30.3 Å². The van der Waals surface area contributed by atoms with Gasteiger partial charge in [0.05, 0.1) is 4.83 Å².